The number of carbonyl (C=O) groups is 3. The zero-order valence-electron chi connectivity index (χ0n) is 15.4. The highest BCUT2D eigenvalue weighted by atomic mass is 16.4. The Hall–Kier alpha value is -3.29. The minimum Gasteiger partial charge on any atom is -0.481 e. The van der Waals surface area contributed by atoms with Gasteiger partial charge in [0.1, 0.15) is 5.76 Å². The van der Waals surface area contributed by atoms with Gasteiger partial charge in [-0.2, -0.15) is 0 Å². The Bertz CT molecular complexity index is 813. The van der Waals surface area contributed by atoms with Crippen molar-refractivity contribution in [1.29, 1.82) is 0 Å². The van der Waals surface area contributed by atoms with Crippen molar-refractivity contribution in [2.24, 2.45) is 0 Å². The maximum absolute atomic E-state index is 12.5. The maximum Gasteiger partial charge on any atom is 0.318 e. The molecule has 3 rings (SSSR count). The van der Waals surface area contributed by atoms with Crippen LogP contribution >= 0.6 is 0 Å². The number of hydrogen-bond acceptors (Lipinski definition) is 4. The van der Waals surface area contributed by atoms with Crippen molar-refractivity contribution in [3.8, 4) is 0 Å². The predicted octanol–water partition coefficient (Wildman–Crippen LogP) is 2.36. The van der Waals surface area contributed by atoms with Crippen molar-refractivity contribution >= 4 is 17.9 Å². The second-order valence-corrected chi connectivity index (χ2v) is 6.76. The molecule has 8 heteroatoms. The molecule has 28 heavy (non-hydrogen) atoms. The number of carbonyl (C=O) groups excluding carboxylic acids is 2. The number of hydrogen-bond donors (Lipinski definition) is 3. The molecule has 0 radical (unpaired) electrons. The number of nitrogens with one attached hydrogen (secondary N) is 2. The lowest BCUT2D eigenvalue weighted by Gasteiger charge is -2.22. The quantitative estimate of drug-likeness (QED) is 0.613. The van der Waals surface area contributed by atoms with Crippen molar-refractivity contribution < 1.29 is 23.9 Å². The highest BCUT2D eigenvalue weighted by Crippen LogP contribution is 2.19. The first-order chi connectivity index (χ1) is 13.5. The molecule has 0 bridgehead atoms. The van der Waals surface area contributed by atoms with E-state index in [1.807, 2.05) is 12.1 Å². The fourth-order valence-electron chi connectivity index (χ4n) is 2.66. The van der Waals surface area contributed by atoms with Crippen LogP contribution in [0.1, 0.15) is 40.9 Å². The highest BCUT2D eigenvalue weighted by molar-refractivity contribution is 5.94. The van der Waals surface area contributed by atoms with Gasteiger partial charge in [0, 0.05) is 24.7 Å². The van der Waals surface area contributed by atoms with E-state index in [0.717, 1.165) is 18.4 Å². The van der Waals surface area contributed by atoms with Gasteiger partial charge in [-0.1, -0.05) is 12.1 Å². The van der Waals surface area contributed by atoms with Crippen LogP contribution in [0.3, 0.4) is 0 Å². The van der Waals surface area contributed by atoms with E-state index in [-0.39, 0.29) is 31.4 Å². The number of amides is 3. The van der Waals surface area contributed by atoms with Gasteiger partial charge in [-0.15, -0.1) is 0 Å². The molecule has 2 aromatic rings. The molecular formula is C20H23N3O5. The van der Waals surface area contributed by atoms with Crippen LogP contribution in [0.15, 0.2) is 47.1 Å². The molecule has 3 amide bonds. The van der Waals surface area contributed by atoms with Crippen LogP contribution in [-0.2, 0) is 17.9 Å². The number of furan rings is 1. The van der Waals surface area contributed by atoms with Crippen LogP contribution in [0.5, 0.6) is 0 Å². The standard InChI is InChI=1S/C20H23N3O5/c24-18(25)9-10-21-20(27)23(13-17-2-1-11-28-17)12-14-3-5-15(6-4-14)19(26)22-16-7-8-16/h1-6,11,16H,7-10,12-13H2,(H,21,27)(H,22,26)(H,24,25). The molecule has 0 unspecified atom stereocenters. The smallest absolute Gasteiger partial charge is 0.318 e. The van der Waals surface area contributed by atoms with E-state index in [2.05, 4.69) is 10.6 Å². The monoisotopic (exact) mass is 385 g/mol. The zero-order chi connectivity index (χ0) is 19.9. The summed E-state index contributed by atoms with van der Waals surface area (Å²) in [5.74, 6) is -0.445. The van der Waals surface area contributed by atoms with Crippen molar-refractivity contribution in [1.82, 2.24) is 15.5 Å². The number of nitrogens with zero attached hydrogens (tertiary/aromatic N) is 1. The molecule has 1 aliphatic rings. The molecule has 8 nitrogen and oxygen atoms in total. The summed E-state index contributed by atoms with van der Waals surface area (Å²) in [6.07, 6.45) is 3.44. The van der Waals surface area contributed by atoms with Crippen LogP contribution in [-0.4, -0.2) is 40.5 Å². The van der Waals surface area contributed by atoms with Gasteiger partial charge in [0.15, 0.2) is 0 Å². The number of aliphatic carboxylic acids is 1. The van der Waals surface area contributed by atoms with E-state index >= 15 is 0 Å². The lowest BCUT2D eigenvalue weighted by Crippen LogP contribution is -2.39. The Balaban J connectivity index is 1.62. The van der Waals surface area contributed by atoms with Crippen molar-refractivity contribution in [2.75, 3.05) is 6.54 Å². The number of urea groups is 1. The van der Waals surface area contributed by atoms with Gasteiger partial charge < -0.3 is 25.1 Å². The summed E-state index contributed by atoms with van der Waals surface area (Å²) in [7, 11) is 0. The normalized spacial score (nSPS) is 13.0. The lowest BCUT2D eigenvalue weighted by atomic mass is 10.1. The van der Waals surface area contributed by atoms with E-state index in [9.17, 15) is 14.4 Å². The number of carboxylic acid groups (broad SMARTS) is 1. The summed E-state index contributed by atoms with van der Waals surface area (Å²) >= 11 is 0. The molecular weight excluding hydrogens is 362 g/mol. The molecule has 0 atom stereocenters. The van der Waals surface area contributed by atoms with Gasteiger partial charge in [0.05, 0.1) is 19.2 Å². The molecule has 3 N–H and O–H groups in total. The molecule has 0 saturated heterocycles. The molecule has 1 heterocycles. The molecule has 1 saturated carbocycles. The number of rotatable bonds is 9. The minimum atomic E-state index is -0.974. The summed E-state index contributed by atoms with van der Waals surface area (Å²) in [4.78, 5) is 36.7. The van der Waals surface area contributed by atoms with E-state index in [0.29, 0.717) is 23.9 Å². The van der Waals surface area contributed by atoms with Crippen LogP contribution < -0.4 is 10.6 Å². The van der Waals surface area contributed by atoms with Crippen LogP contribution in [0.2, 0.25) is 0 Å². The maximum atomic E-state index is 12.5. The second-order valence-electron chi connectivity index (χ2n) is 6.76. The van der Waals surface area contributed by atoms with Crippen LogP contribution in [0.25, 0.3) is 0 Å². The minimum absolute atomic E-state index is 0.0447. The van der Waals surface area contributed by atoms with Gasteiger partial charge in [-0.3, -0.25) is 9.59 Å². The number of carboxylic acids is 1. The summed E-state index contributed by atoms with van der Waals surface area (Å²) in [5.41, 5.74) is 1.43. The van der Waals surface area contributed by atoms with Gasteiger partial charge in [0.25, 0.3) is 5.91 Å². The molecule has 0 spiro atoms. The average Bonchev–Trinajstić information content (AvgIpc) is 3.33. The van der Waals surface area contributed by atoms with Gasteiger partial charge in [-0.05, 0) is 42.7 Å². The third kappa shape index (κ3) is 5.87. The van der Waals surface area contributed by atoms with Gasteiger partial charge >= 0.3 is 12.0 Å². The summed E-state index contributed by atoms with van der Waals surface area (Å²) in [5, 5.41) is 14.3. The Kier molecular flexibility index (Phi) is 6.31. The van der Waals surface area contributed by atoms with Gasteiger partial charge in [-0.25, -0.2) is 4.79 Å². The lowest BCUT2D eigenvalue weighted by molar-refractivity contribution is -0.136. The Morgan fingerprint density at radius 3 is 2.46 bits per heavy atom. The molecule has 148 valence electrons. The summed E-state index contributed by atoms with van der Waals surface area (Å²) in [6, 6.07) is 10.5. The fraction of sp³-hybridized carbons (Fsp3) is 0.350. The first-order valence-corrected chi connectivity index (χ1v) is 9.18. The Morgan fingerprint density at radius 1 is 1.11 bits per heavy atom. The third-order valence-electron chi connectivity index (χ3n) is 4.33. The topological polar surface area (TPSA) is 112 Å². The first kappa shape index (κ1) is 19.5. The second kappa shape index (κ2) is 9.07. The average molecular weight is 385 g/mol. The van der Waals surface area contributed by atoms with Crippen LogP contribution in [0.4, 0.5) is 4.79 Å². The Morgan fingerprint density at radius 2 is 1.86 bits per heavy atom. The molecule has 1 aliphatic carbocycles. The Labute approximate surface area is 162 Å². The SMILES string of the molecule is O=C(O)CCNC(=O)N(Cc1ccc(C(=O)NC2CC2)cc1)Cc1ccco1. The van der Waals surface area contributed by atoms with E-state index < -0.39 is 5.97 Å². The van der Waals surface area contributed by atoms with Crippen molar-refractivity contribution in [3.63, 3.8) is 0 Å². The van der Waals surface area contributed by atoms with Crippen molar-refractivity contribution in [2.45, 2.75) is 38.4 Å². The highest BCUT2D eigenvalue weighted by Gasteiger charge is 2.23. The first-order valence-electron chi connectivity index (χ1n) is 9.18. The van der Waals surface area contributed by atoms with E-state index in [4.69, 9.17) is 9.52 Å². The van der Waals surface area contributed by atoms with E-state index in [1.54, 1.807) is 24.3 Å². The molecule has 1 aromatic carbocycles. The largest absolute Gasteiger partial charge is 0.481 e. The fourth-order valence-corrected chi connectivity index (χ4v) is 2.66. The van der Waals surface area contributed by atoms with Crippen molar-refractivity contribution in [3.05, 3.63) is 59.5 Å². The molecule has 1 aromatic heterocycles. The summed E-state index contributed by atoms with van der Waals surface area (Å²) in [6.45, 7) is 0.586. The third-order valence-corrected chi connectivity index (χ3v) is 4.33. The van der Waals surface area contributed by atoms with Gasteiger partial charge in [0.2, 0.25) is 0 Å². The molecule has 1 fully saturated rings. The van der Waals surface area contributed by atoms with Crippen LogP contribution in [0, 0.1) is 0 Å². The van der Waals surface area contributed by atoms with E-state index in [1.165, 1.54) is 11.2 Å². The summed E-state index contributed by atoms with van der Waals surface area (Å²) < 4.78 is 5.32. The number of benzene rings is 1. The predicted molar refractivity (Wildman–Crippen MR) is 101 cm³/mol. The zero-order valence-corrected chi connectivity index (χ0v) is 15.4. The molecule has 0 aliphatic heterocycles.